The van der Waals surface area contributed by atoms with E-state index in [1.54, 1.807) is 17.4 Å². The molecule has 7 heteroatoms. The molecule has 4 rings (SSSR count). The van der Waals surface area contributed by atoms with Crippen molar-refractivity contribution < 1.29 is 9.50 Å². The molecular weight excluding hydrogens is 359 g/mol. The Morgan fingerprint density at radius 1 is 1.32 bits per heavy atom. The lowest BCUT2D eigenvalue weighted by atomic mass is 10.1. The maximum absolute atomic E-state index is 14.2. The van der Waals surface area contributed by atoms with E-state index in [4.69, 9.17) is 0 Å². The Labute approximate surface area is 151 Å². The molecule has 0 saturated carbocycles. The van der Waals surface area contributed by atoms with Gasteiger partial charge in [0.05, 0.1) is 16.0 Å². The van der Waals surface area contributed by atoms with Crippen molar-refractivity contribution in [1.82, 2.24) is 4.98 Å². The Hall–Kier alpha value is -2.09. The Morgan fingerprint density at radius 2 is 2.20 bits per heavy atom. The standard InChI is InChI=1S/C18H15FN2O2S2/c19-14-8-10-5-6-20-18(23)13(10)9-15(14)21-25-17-4-3-16(24-17)11-1-2-12(22)7-11/h1,3-6,8-9,12,21-22H,2,7H2,(H,20,23). The number of nitrogens with one attached hydrogen (secondary N) is 2. The van der Waals surface area contributed by atoms with Crippen LogP contribution in [0.2, 0.25) is 0 Å². The highest BCUT2D eigenvalue weighted by atomic mass is 32.2. The molecule has 1 unspecified atom stereocenters. The lowest BCUT2D eigenvalue weighted by Crippen LogP contribution is -2.05. The lowest BCUT2D eigenvalue weighted by molar-refractivity contribution is 0.191. The number of aliphatic hydroxyl groups excluding tert-OH is 1. The van der Waals surface area contributed by atoms with Gasteiger partial charge in [0.2, 0.25) is 0 Å². The summed E-state index contributed by atoms with van der Waals surface area (Å²) in [5.41, 5.74) is 1.20. The number of halogens is 1. The molecule has 0 aliphatic heterocycles. The zero-order valence-electron chi connectivity index (χ0n) is 13.1. The smallest absolute Gasteiger partial charge is 0.255 e. The summed E-state index contributed by atoms with van der Waals surface area (Å²) < 4.78 is 18.2. The fraction of sp³-hybridized carbons (Fsp3) is 0.167. The molecule has 0 amide bonds. The maximum Gasteiger partial charge on any atom is 0.255 e. The first-order valence-electron chi connectivity index (χ1n) is 7.81. The van der Waals surface area contributed by atoms with Crippen LogP contribution in [-0.2, 0) is 0 Å². The van der Waals surface area contributed by atoms with Gasteiger partial charge in [-0.1, -0.05) is 6.08 Å². The third-order valence-corrected chi connectivity index (χ3v) is 6.23. The average Bonchev–Trinajstić information content (AvgIpc) is 3.22. The Kier molecular flexibility index (Phi) is 4.37. The molecule has 25 heavy (non-hydrogen) atoms. The van der Waals surface area contributed by atoms with Crippen molar-refractivity contribution >= 4 is 45.3 Å². The van der Waals surface area contributed by atoms with Crippen LogP contribution in [0.3, 0.4) is 0 Å². The van der Waals surface area contributed by atoms with Gasteiger partial charge in [0.15, 0.2) is 0 Å². The number of thiophene rings is 1. The summed E-state index contributed by atoms with van der Waals surface area (Å²) >= 11 is 2.90. The van der Waals surface area contributed by atoms with Gasteiger partial charge in [-0.2, -0.15) is 0 Å². The second-order valence-corrected chi connectivity index (χ2v) is 8.06. The summed E-state index contributed by atoms with van der Waals surface area (Å²) in [6.07, 6.45) is 4.67. The van der Waals surface area contributed by atoms with Crippen molar-refractivity contribution in [2.45, 2.75) is 23.2 Å². The number of anilines is 1. The molecule has 0 spiro atoms. The van der Waals surface area contributed by atoms with Crippen molar-refractivity contribution in [2.75, 3.05) is 4.72 Å². The van der Waals surface area contributed by atoms with E-state index in [1.807, 2.05) is 12.1 Å². The highest BCUT2D eigenvalue weighted by Gasteiger charge is 2.17. The van der Waals surface area contributed by atoms with Gasteiger partial charge in [-0.05, 0) is 66.1 Å². The fourth-order valence-electron chi connectivity index (χ4n) is 2.84. The molecule has 2 aromatic heterocycles. The van der Waals surface area contributed by atoms with Gasteiger partial charge in [0.1, 0.15) is 5.82 Å². The number of pyridine rings is 1. The average molecular weight is 374 g/mol. The lowest BCUT2D eigenvalue weighted by Gasteiger charge is -2.07. The number of hydrogen-bond acceptors (Lipinski definition) is 5. The normalized spacial score (nSPS) is 17.0. The van der Waals surface area contributed by atoms with Crippen molar-refractivity contribution in [2.24, 2.45) is 0 Å². The van der Waals surface area contributed by atoms with E-state index >= 15 is 0 Å². The van der Waals surface area contributed by atoms with Gasteiger partial charge in [0, 0.05) is 16.5 Å². The van der Waals surface area contributed by atoms with Crippen LogP contribution >= 0.6 is 23.3 Å². The second-order valence-electron chi connectivity index (χ2n) is 5.87. The molecule has 3 N–H and O–H groups in total. The Balaban J connectivity index is 1.53. The Bertz CT molecular complexity index is 1030. The van der Waals surface area contributed by atoms with Gasteiger partial charge < -0.3 is 14.8 Å². The number of aliphatic hydroxyl groups is 1. The Morgan fingerprint density at radius 3 is 3.00 bits per heavy atom. The predicted octanol–water partition coefficient (Wildman–Crippen LogP) is 4.39. The van der Waals surface area contributed by atoms with Crippen LogP contribution in [0.1, 0.15) is 17.7 Å². The van der Waals surface area contributed by atoms with Crippen LogP contribution in [0.4, 0.5) is 10.1 Å². The van der Waals surface area contributed by atoms with Crippen molar-refractivity contribution in [3.63, 3.8) is 0 Å². The molecule has 0 saturated heterocycles. The number of aromatic amines is 1. The summed E-state index contributed by atoms with van der Waals surface area (Å²) in [6.45, 7) is 0. The summed E-state index contributed by atoms with van der Waals surface area (Å²) in [7, 11) is 0. The molecule has 0 radical (unpaired) electrons. The first-order chi connectivity index (χ1) is 12.1. The summed E-state index contributed by atoms with van der Waals surface area (Å²) in [5.74, 6) is -0.399. The third kappa shape index (κ3) is 3.35. The molecule has 1 aromatic carbocycles. The van der Waals surface area contributed by atoms with Crippen LogP contribution in [-0.4, -0.2) is 16.2 Å². The molecule has 1 atom stereocenters. The first-order valence-corrected chi connectivity index (χ1v) is 9.44. The van der Waals surface area contributed by atoms with E-state index < -0.39 is 5.82 Å². The van der Waals surface area contributed by atoms with E-state index in [-0.39, 0.29) is 17.4 Å². The van der Waals surface area contributed by atoms with Gasteiger partial charge in [0.25, 0.3) is 5.56 Å². The molecule has 128 valence electrons. The summed E-state index contributed by atoms with van der Waals surface area (Å²) in [4.78, 5) is 15.6. The quantitative estimate of drug-likeness (QED) is 0.593. The minimum absolute atomic E-state index is 0.240. The molecule has 3 aromatic rings. The van der Waals surface area contributed by atoms with E-state index in [0.29, 0.717) is 23.6 Å². The number of rotatable bonds is 4. The summed E-state index contributed by atoms with van der Waals surface area (Å²) in [5, 5.41) is 10.6. The van der Waals surface area contributed by atoms with E-state index in [0.717, 1.165) is 14.7 Å². The molecule has 0 fully saturated rings. The monoisotopic (exact) mass is 374 g/mol. The van der Waals surface area contributed by atoms with Crippen molar-refractivity contribution in [1.29, 1.82) is 0 Å². The van der Waals surface area contributed by atoms with Crippen LogP contribution in [0, 0.1) is 5.82 Å². The van der Waals surface area contributed by atoms with Crippen LogP contribution in [0.5, 0.6) is 0 Å². The number of fused-ring (bicyclic) bond motifs is 1. The van der Waals surface area contributed by atoms with Gasteiger partial charge in [-0.25, -0.2) is 4.39 Å². The predicted molar refractivity (Wildman–Crippen MR) is 102 cm³/mol. The number of aromatic nitrogens is 1. The molecule has 1 aliphatic rings. The van der Waals surface area contributed by atoms with E-state index in [2.05, 4.69) is 15.8 Å². The first kappa shape index (κ1) is 16.4. The van der Waals surface area contributed by atoms with Gasteiger partial charge in [-0.3, -0.25) is 4.79 Å². The minimum atomic E-state index is -0.399. The highest BCUT2D eigenvalue weighted by molar-refractivity contribution is 8.02. The molecular formula is C18H15FN2O2S2. The largest absolute Gasteiger partial charge is 0.392 e. The minimum Gasteiger partial charge on any atom is -0.392 e. The molecule has 0 bridgehead atoms. The zero-order chi connectivity index (χ0) is 17.4. The highest BCUT2D eigenvalue weighted by Crippen LogP contribution is 2.37. The summed E-state index contributed by atoms with van der Waals surface area (Å²) in [6, 6.07) is 8.54. The van der Waals surface area contributed by atoms with Crippen LogP contribution < -0.4 is 10.3 Å². The molecule has 2 heterocycles. The SMILES string of the molecule is O=c1[nH]ccc2cc(F)c(NSc3ccc(C4=CCC(O)C4)s3)cc12. The number of hydrogen-bond donors (Lipinski definition) is 3. The third-order valence-electron chi connectivity index (χ3n) is 4.11. The van der Waals surface area contributed by atoms with Crippen molar-refractivity contribution in [3.8, 4) is 0 Å². The molecule has 1 aliphatic carbocycles. The van der Waals surface area contributed by atoms with Gasteiger partial charge >= 0.3 is 0 Å². The fourth-order valence-corrected chi connectivity index (χ4v) is 4.69. The maximum atomic E-state index is 14.2. The van der Waals surface area contributed by atoms with E-state index in [1.165, 1.54) is 30.3 Å². The van der Waals surface area contributed by atoms with E-state index in [9.17, 15) is 14.3 Å². The second kappa shape index (κ2) is 6.67. The molecule has 4 nitrogen and oxygen atoms in total. The zero-order valence-corrected chi connectivity index (χ0v) is 14.7. The van der Waals surface area contributed by atoms with Crippen molar-refractivity contribution in [3.05, 3.63) is 63.7 Å². The number of H-pyrrole nitrogens is 1. The van der Waals surface area contributed by atoms with Gasteiger partial charge in [-0.15, -0.1) is 11.3 Å². The van der Waals surface area contributed by atoms with Crippen LogP contribution in [0.15, 0.2) is 51.6 Å². The topological polar surface area (TPSA) is 65.1 Å². The number of benzene rings is 1. The van der Waals surface area contributed by atoms with Crippen LogP contribution in [0.25, 0.3) is 16.3 Å².